The number of fused-ring (bicyclic) bond motifs is 1. The molecule has 0 radical (unpaired) electrons. The Balaban J connectivity index is 2.06. The Kier molecular flexibility index (Phi) is 3.00. The van der Waals surface area contributed by atoms with Gasteiger partial charge in [0.15, 0.2) is 18.2 Å². The molecule has 0 atom stereocenters. The molecule has 0 aliphatic carbocycles. The van der Waals surface area contributed by atoms with Crippen LogP contribution in [0.3, 0.4) is 0 Å². The second-order valence-electron chi connectivity index (χ2n) is 3.93. The fourth-order valence-electron chi connectivity index (χ4n) is 1.79. The van der Waals surface area contributed by atoms with Gasteiger partial charge in [-0.2, -0.15) is 0 Å². The van der Waals surface area contributed by atoms with Crippen molar-refractivity contribution in [3.05, 3.63) is 33.9 Å². The van der Waals surface area contributed by atoms with E-state index in [1.807, 2.05) is 6.07 Å². The van der Waals surface area contributed by atoms with Gasteiger partial charge in [0.25, 0.3) is 0 Å². The summed E-state index contributed by atoms with van der Waals surface area (Å²) in [5.74, 6) is -0.0753. The average molecular weight is 326 g/mol. The Morgan fingerprint density at radius 1 is 1.37 bits per heavy atom. The van der Waals surface area contributed by atoms with Crippen molar-refractivity contribution >= 4 is 21.9 Å². The van der Waals surface area contributed by atoms with E-state index in [0.29, 0.717) is 23.7 Å². The Bertz CT molecular complexity index is 652. The molecule has 19 heavy (non-hydrogen) atoms. The number of rotatable bonds is 2. The van der Waals surface area contributed by atoms with E-state index in [2.05, 4.69) is 21.1 Å². The van der Waals surface area contributed by atoms with Crippen LogP contribution in [0.5, 0.6) is 5.75 Å². The zero-order valence-corrected chi connectivity index (χ0v) is 11.1. The van der Waals surface area contributed by atoms with Gasteiger partial charge < -0.3 is 19.1 Å². The Hall–Kier alpha value is -1.86. The van der Waals surface area contributed by atoms with Crippen molar-refractivity contribution < 1.29 is 23.9 Å². The lowest BCUT2D eigenvalue weighted by atomic mass is 10.1. The predicted octanol–water partition coefficient (Wildman–Crippen LogP) is 2.67. The summed E-state index contributed by atoms with van der Waals surface area (Å²) in [6.45, 7) is 0.676. The minimum absolute atomic E-state index is 0.135. The summed E-state index contributed by atoms with van der Waals surface area (Å²) in [6, 6.07) is 5.00. The van der Waals surface area contributed by atoms with E-state index in [0.717, 1.165) is 10.0 Å². The molecule has 1 aromatic heterocycles. The summed E-state index contributed by atoms with van der Waals surface area (Å²) in [5, 5.41) is 12.3. The normalized spacial score (nSPS) is 13.7. The van der Waals surface area contributed by atoms with Crippen LogP contribution >= 0.6 is 15.9 Å². The number of ether oxygens (including phenoxy) is 2. The van der Waals surface area contributed by atoms with Crippen LogP contribution in [0, 0.1) is 0 Å². The van der Waals surface area contributed by atoms with Crippen molar-refractivity contribution in [2.45, 2.75) is 6.61 Å². The summed E-state index contributed by atoms with van der Waals surface area (Å²) in [4.78, 5) is 10.8. The maximum absolute atomic E-state index is 10.8. The Morgan fingerprint density at radius 3 is 2.95 bits per heavy atom. The van der Waals surface area contributed by atoms with Gasteiger partial charge in [0.05, 0.1) is 6.61 Å². The largest absolute Gasteiger partial charge is 0.476 e. The van der Waals surface area contributed by atoms with Crippen LogP contribution < -0.4 is 4.74 Å². The van der Waals surface area contributed by atoms with Crippen molar-refractivity contribution in [2.75, 3.05) is 6.79 Å². The molecule has 2 heterocycles. The molecule has 6 nitrogen and oxygen atoms in total. The molecule has 0 bridgehead atoms. The van der Waals surface area contributed by atoms with E-state index in [1.54, 1.807) is 6.07 Å². The summed E-state index contributed by atoms with van der Waals surface area (Å²) in [7, 11) is 0. The van der Waals surface area contributed by atoms with Crippen LogP contribution in [-0.2, 0) is 11.3 Å². The molecule has 1 N–H and O–H groups in total. The summed E-state index contributed by atoms with van der Waals surface area (Å²) >= 11 is 3.41. The van der Waals surface area contributed by atoms with Gasteiger partial charge in [-0.25, -0.2) is 4.79 Å². The van der Waals surface area contributed by atoms with Gasteiger partial charge in [0, 0.05) is 21.7 Å². The second kappa shape index (κ2) is 4.67. The van der Waals surface area contributed by atoms with Gasteiger partial charge in [-0.3, -0.25) is 0 Å². The molecule has 0 saturated carbocycles. The van der Waals surface area contributed by atoms with Gasteiger partial charge in [-0.15, -0.1) is 0 Å². The highest BCUT2D eigenvalue weighted by atomic mass is 79.9. The van der Waals surface area contributed by atoms with Gasteiger partial charge in [-0.1, -0.05) is 21.1 Å². The first-order chi connectivity index (χ1) is 9.15. The maximum atomic E-state index is 10.8. The summed E-state index contributed by atoms with van der Waals surface area (Å²) in [6.07, 6.45) is 0. The fourth-order valence-corrected chi connectivity index (χ4v) is 2.38. The zero-order chi connectivity index (χ0) is 13.4. The lowest BCUT2D eigenvalue weighted by molar-refractivity contribution is -0.0163. The molecule has 0 amide bonds. The lowest BCUT2D eigenvalue weighted by Gasteiger charge is -2.18. The van der Waals surface area contributed by atoms with Crippen molar-refractivity contribution in [2.24, 2.45) is 0 Å². The number of carboxylic acids is 1. The first kappa shape index (κ1) is 12.2. The van der Waals surface area contributed by atoms with E-state index in [4.69, 9.17) is 19.1 Å². The lowest BCUT2D eigenvalue weighted by Crippen LogP contribution is -2.11. The van der Waals surface area contributed by atoms with E-state index in [-0.39, 0.29) is 12.5 Å². The number of benzene rings is 1. The molecule has 3 rings (SSSR count). The number of carbonyl (C=O) groups is 1. The monoisotopic (exact) mass is 325 g/mol. The molecule has 0 fully saturated rings. The van der Waals surface area contributed by atoms with E-state index in [9.17, 15) is 4.79 Å². The molecule has 1 aliphatic heterocycles. The number of nitrogens with zero attached hydrogens (tertiary/aromatic N) is 1. The third-order valence-corrected chi connectivity index (χ3v) is 3.36. The topological polar surface area (TPSA) is 81.8 Å². The van der Waals surface area contributed by atoms with Gasteiger partial charge >= 0.3 is 5.97 Å². The highest BCUT2D eigenvalue weighted by Gasteiger charge is 2.19. The van der Waals surface area contributed by atoms with Crippen molar-refractivity contribution in [3.63, 3.8) is 0 Å². The number of aromatic nitrogens is 1. The number of halogens is 1. The van der Waals surface area contributed by atoms with Gasteiger partial charge in [0.1, 0.15) is 5.75 Å². The molecule has 0 spiro atoms. The summed E-state index contributed by atoms with van der Waals surface area (Å²) in [5.41, 5.74) is 1.46. The molecule has 2 aromatic rings. The zero-order valence-electron chi connectivity index (χ0n) is 9.55. The number of carboxylic acid groups (broad SMARTS) is 1. The minimum Gasteiger partial charge on any atom is -0.476 e. The highest BCUT2D eigenvalue weighted by Crippen LogP contribution is 2.36. The van der Waals surface area contributed by atoms with Crippen LogP contribution in [0.4, 0.5) is 0 Å². The van der Waals surface area contributed by atoms with Crippen molar-refractivity contribution in [3.8, 4) is 17.1 Å². The van der Waals surface area contributed by atoms with Crippen LogP contribution in [0.2, 0.25) is 0 Å². The number of aromatic carboxylic acids is 1. The second-order valence-corrected chi connectivity index (χ2v) is 4.79. The first-order valence-corrected chi connectivity index (χ1v) is 6.18. The van der Waals surface area contributed by atoms with E-state index < -0.39 is 5.97 Å². The average Bonchev–Trinajstić information content (AvgIpc) is 2.87. The molecule has 1 aliphatic rings. The molecular weight excluding hydrogens is 318 g/mol. The highest BCUT2D eigenvalue weighted by molar-refractivity contribution is 9.10. The van der Waals surface area contributed by atoms with Crippen molar-refractivity contribution in [1.29, 1.82) is 0 Å². The fraction of sp³-hybridized carbons (Fsp3) is 0.167. The first-order valence-electron chi connectivity index (χ1n) is 5.38. The van der Waals surface area contributed by atoms with Crippen LogP contribution in [0.1, 0.15) is 16.1 Å². The molecule has 0 unspecified atom stereocenters. The van der Waals surface area contributed by atoms with Crippen molar-refractivity contribution in [1.82, 2.24) is 5.16 Å². The molecule has 0 saturated heterocycles. The third kappa shape index (κ3) is 2.22. The molecule has 1 aromatic carbocycles. The SMILES string of the molecule is O=C(O)c1cc(-c2cc3c(cc2Br)COCO3)on1. The van der Waals surface area contributed by atoms with E-state index in [1.165, 1.54) is 6.07 Å². The van der Waals surface area contributed by atoms with Crippen LogP contribution in [-0.4, -0.2) is 23.0 Å². The van der Waals surface area contributed by atoms with Crippen LogP contribution in [0.15, 0.2) is 27.2 Å². The van der Waals surface area contributed by atoms with Gasteiger partial charge in [-0.05, 0) is 12.1 Å². The Labute approximate surface area is 116 Å². The minimum atomic E-state index is -1.13. The smallest absolute Gasteiger partial charge is 0.358 e. The molecular formula is C12H8BrNO5. The molecule has 7 heteroatoms. The third-order valence-electron chi connectivity index (χ3n) is 2.70. The summed E-state index contributed by atoms with van der Waals surface area (Å²) < 4.78 is 16.3. The quantitative estimate of drug-likeness (QED) is 0.914. The Morgan fingerprint density at radius 2 is 2.21 bits per heavy atom. The number of hydrogen-bond acceptors (Lipinski definition) is 5. The maximum Gasteiger partial charge on any atom is 0.358 e. The van der Waals surface area contributed by atoms with E-state index >= 15 is 0 Å². The number of hydrogen-bond donors (Lipinski definition) is 1. The molecule has 98 valence electrons. The van der Waals surface area contributed by atoms with Crippen LogP contribution in [0.25, 0.3) is 11.3 Å². The van der Waals surface area contributed by atoms with Gasteiger partial charge in [0.2, 0.25) is 0 Å². The standard InChI is InChI=1S/C12H8BrNO5/c13-8-1-6-4-17-5-18-10(6)2-7(8)11-3-9(12(15)16)14-19-11/h1-3H,4-5H2,(H,15,16). The predicted molar refractivity (Wildman–Crippen MR) is 66.9 cm³/mol.